The average molecular weight is 278 g/mol. The van der Waals surface area contributed by atoms with Crippen LogP contribution in [-0.2, 0) is 4.79 Å². The lowest BCUT2D eigenvalue weighted by Gasteiger charge is -2.16. The monoisotopic (exact) mass is 278 g/mol. The second-order valence-electron chi connectivity index (χ2n) is 5.25. The van der Waals surface area contributed by atoms with E-state index < -0.39 is 0 Å². The molecule has 0 aromatic heterocycles. The molecule has 1 aliphatic rings. The van der Waals surface area contributed by atoms with Gasteiger partial charge in [-0.05, 0) is 18.1 Å². The molecule has 1 amide bonds. The molecule has 0 unspecified atom stereocenters. The van der Waals surface area contributed by atoms with Crippen LogP contribution in [0.15, 0.2) is 24.3 Å². The summed E-state index contributed by atoms with van der Waals surface area (Å²) in [5.74, 6) is 1.55. The van der Waals surface area contributed by atoms with Gasteiger partial charge < -0.3 is 15.2 Å². The molecule has 1 aliphatic heterocycles. The van der Waals surface area contributed by atoms with Gasteiger partial charge in [0.25, 0.3) is 0 Å². The van der Waals surface area contributed by atoms with E-state index in [9.17, 15) is 4.79 Å². The van der Waals surface area contributed by atoms with Gasteiger partial charge in [0.1, 0.15) is 6.61 Å². The van der Waals surface area contributed by atoms with Gasteiger partial charge in [-0.2, -0.15) is 0 Å². The lowest BCUT2D eigenvalue weighted by Crippen LogP contribution is -2.30. The molecule has 0 aliphatic carbocycles. The van der Waals surface area contributed by atoms with Crippen molar-refractivity contribution in [3.63, 3.8) is 0 Å². The van der Waals surface area contributed by atoms with Gasteiger partial charge in [0, 0.05) is 19.6 Å². The standard InChI is InChI=1S/C15H22N2O3/c1-11-9-17(10-12(11)15(16)18)7-8-20-14-6-4-3-5-13(14)19-2/h3-6,11-12H,7-10H2,1-2H3,(H2,16,18)/t11-,12-/m1/s1. The maximum Gasteiger partial charge on any atom is 0.222 e. The van der Waals surface area contributed by atoms with Gasteiger partial charge in [-0.1, -0.05) is 19.1 Å². The summed E-state index contributed by atoms with van der Waals surface area (Å²) >= 11 is 0. The third-order valence-electron chi connectivity index (χ3n) is 3.79. The number of likely N-dealkylation sites (tertiary alicyclic amines) is 1. The Morgan fingerprint density at radius 3 is 2.65 bits per heavy atom. The van der Waals surface area contributed by atoms with Crippen molar-refractivity contribution >= 4 is 5.91 Å². The molecule has 5 heteroatoms. The molecular formula is C15H22N2O3. The molecule has 2 atom stereocenters. The third kappa shape index (κ3) is 3.42. The van der Waals surface area contributed by atoms with E-state index in [1.165, 1.54) is 0 Å². The number of carbonyl (C=O) groups is 1. The maximum atomic E-state index is 11.3. The molecule has 2 N–H and O–H groups in total. The first-order valence-electron chi connectivity index (χ1n) is 6.89. The van der Waals surface area contributed by atoms with Crippen LogP contribution in [0.3, 0.4) is 0 Å². The number of methoxy groups -OCH3 is 1. The second-order valence-corrected chi connectivity index (χ2v) is 5.25. The molecule has 1 saturated heterocycles. The molecule has 20 heavy (non-hydrogen) atoms. The van der Waals surface area contributed by atoms with E-state index in [1.54, 1.807) is 7.11 Å². The smallest absolute Gasteiger partial charge is 0.222 e. The quantitative estimate of drug-likeness (QED) is 0.847. The molecule has 5 nitrogen and oxygen atoms in total. The summed E-state index contributed by atoms with van der Waals surface area (Å²) in [6.07, 6.45) is 0. The highest BCUT2D eigenvalue weighted by molar-refractivity contribution is 5.77. The second kappa shape index (κ2) is 6.61. The van der Waals surface area contributed by atoms with E-state index in [4.69, 9.17) is 15.2 Å². The fraction of sp³-hybridized carbons (Fsp3) is 0.533. The molecule has 0 bridgehead atoms. The predicted molar refractivity (Wildman–Crippen MR) is 76.8 cm³/mol. The number of hydrogen-bond acceptors (Lipinski definition) is 4. The van der Waals surface area contributed by atoms with Crippen molar-refractivity contribution in [2.75, 3.05) is 33.4 Å². The number of primary amides is 1. The normalized spacial score (nSPS) is 22.7. The zero-order valence-corrected chi connectivity index (χ0v) is 12.0. The van der Waals surface area contributed by atoms with Gasteiger partial charge in [0.05, 0.1) is 13.0 Å². The molecule has 1 aromatic rings. The summed E-state index contributed by atoms with van der Waals surface area (Å²) in [6.45, 7) is 5.04. The zero-order valence-electron chi connectivity index (χ0n) is 12.0. The van der Waals surface area contributed by atoms with Crippen molar-refractivity contribution in [1.29, 1.82) is 0 Å². The molecule has 1 aromatic carbocycles. The Labute approximate surface area is 119 Å². The van der Waals surface area contributed by atoms with Crippen molar-refractivity contribution in [1.82, 2.24) is 4.90 Å². The van der Waals surface area contributed by atoms with Crippen molar-refractivity contribution < 1.29 is 14.3 Å². The van der Waals surface area contributed by atoms with Gasteiger partial charge in [0.15, 0.2) is 11.5 Å². The summed E-state index contributed by atoms with van der Waals surface area (Å²) in [7, 11) is 1.63. The van der Waals surface area contributed by atoms with Gasteiger partial charge in [-0.15, -0.1) is 0 Å². The van der Waals surface area contributed by atoms with Crippen LogP contribution in [0.4, 0.5) is 0 Å². The summed E-state index contributed by atoms with van der Waals surface area (Å²) in [4.78, 5) is 13.5. The highest BCUT2D eigenvalue weighted by Gasteiger charge is 2.32. The molecule has 2 rings (SSSR count). The third-order valence-corrected chi connectivity index (χ3v) is 3.79. The number of nitrogens with zero attached hydrogens (tertiary/aromatic N) is 1. The van der Waals surface area contributed by atoms with E-state index >= 15 is 0 Å². The van der Waals surface area contributed by atoms with E-state index in [2.05, 4.69) is 11.8 Å². The molecule has 1 fully saturated rings. The van der Waals surface area contributed by atoms with Gasteiger partial charge in [-0.25, -0.2) is 0 Å². The van der Waals surface area contributed by atoms with E-state index in [0.717, 1.165) is 31.1 Å². The lowest BCUT2D eigenvalue weighted by molar-refractivity contribution is -0.122. The van der Waals surface area contributed by atoms with Crippen LogP contribution in [0.25, 0.3) is 0 Å². The maximum absolute atomic E-state index is 11.3. The largest absolute Gasteiger partial charge is 0.493 e. The molecule has 0 spiro atoms. The number of para-hydroxylation sites is 2. The van der Waals surface area contributed by atoms with Crippen molar-refractivity contribution in [2.24, 2.45) is 17.6 Å². The van der Waals surface area contributed by atoms with Crippen LogP contribution in [-0.4, -0.2) is 44.2 Å². The van der Waals surface area contributed by atoms with Gasteiger partial charge in [-0.3, -0.25) is 9.69 Å². The molecule has 1 heterocycles. The number of rotatable bonds is 6. The van der Waals surface area contributed by atoms with Crippen molar-refractivity contribution in [3.8, 4) is 11.5 Å². The Kier molecular flexibility index (Phi) is 4.84. The summed E-state index contributed by atoms with van der Waals surface area (Å²) in [5.41, 5.74) is 5.39. The van der Waals surface area contributed by atoms with Crippen LogP contribution in [0, 0.1) is 11.8 Å². The van der Waals surface area contributed by atoms with Gasteiger partial charge >= 0.3 is 0 Å². The number of hydrogen-bond donors (Lipinski definition) is 1. The Hall–Kier alpha value is -1.75. The highest BCUT2D eigenvalue weighted by Crippen LogP contribution is 2.26. The number of nitrogens with two attached hydrogens (primary N) is 1. The Morgan fingerprint density at radius 1 is 1.35 bits per heavy atom. The number of benzene rings is 1. The molecule has 110 valence electrons. The average Bonchev–Trinajstić information content (AvgIpc) is 2.80. The van der Waals surface area contributed by atoms with E-state index in [1.807, 2.05) is 24.3 Å². The van der Waals surface area contributed by atoms with Crippen LogP contribution in [0.2, 0.25) is 0 Å². The fourth-order valence-corrected chi connectivity index (χ4v) is 2.64. The predicted octanol–water partition coefficient (Wildman–Crippen LogP) is 1.13. The first kappa shape index (κ1) is 14.7. The Bertz CT molecular complexity index is 464. The minimum absolute atomic E-state index is 0.0405. The van der Waals surface area contributed by atoms with Crippen molar-refractivity contribution in [3.05, 3.63) is 24.3 Å². The zero-order chi connectivity index (χ0) is 14.5. The topological polar surface area (TPSA) is 64.8 Å². The Balaban J connectivity index is 1.81. The molecular weight excluding hydrogens is 256 g/mol. The van der Waals surface area contributed by atoms with Crippen LogP contribution < -0.4 is 15.2 Å². The van der Waals surface area contributed by atoms with E-state index in [-0.39, 0.29) is 11.8 Å². The molecule has 0 radical (unpaired) electrons. The molecule has 0 saturated carbocycles. The van der Waals surface area contributed by atoms with Crippen LogP contribution >= 0.6 is 0 Å². The first-order valence-corrected chi connectivity index (χ1v) is 6.89. The highest BCUT2D eigenvalue weighted by atomic mass is 16.5. The minimum atomic E-state index is -0.203. The summed E-state index contributed by atoms with van der Waals surface area (Å²) < 4.78 is 11.0. The van der Waals surface area contributed by atoms with Crippen molar-refractivity contribution in [2.45, 2.75) is 6.92 Å². The van der Waals surface area contributed by atoms with Gasteiger partial charge in [0.2, 0.25) is 5.91 Å². The van der Waals surface area contributed by atoms with Crippen LogP contribution in [0.1, 0.15) is 6.92 Å². The summed E-state index contributed by atoms with van der Waals surface area (Å²) in [6, 6.07) is 7.58. The number of amides is 1. The first-order chi connectivity index (χ1) is 9.61. The fourth-order valence-electron chi connectivity index (χ4n) is 2.64. The Morgan fingerprint density at radius 2 is 2.05 bits per heavy atom. The lowest BCUT2D eigenvalue weighted by atomic mass is 9.98. The van der Waals surface area contributed by atoms with E-state index in [0.29, 0.717) is 12.5 Å². The van der Waals surface area contributed by atoms with Crippen LogP contribution in [0.5, 0.6) is 11.5 Å². The minimum Gasteiger partial charge on any atom is -0.493 e. The number of ether oxygens (including phenoxy) is 2. The summed E-state index contributed by atoms with van der Waals surface area (Å²) in [5, 5.41) is 0. The SMILES string of the molecule is COc1ccccc1OCCN1C[C@@H](C)[C@H](C(N)=O)C1. The number of carbonyl (C=O) groups excluding carboxylic acids is 1.